The first kappa shape index (κ1) is 14.3. The number of ether oxygens (including phenoxy) is 1. The summed E-state index contributed by atoms with van der Waals surface area (Å²) in [6.07, 6.45) is 8.04. The van der Waals surface area contributed by atoms with Crippen LogP contribution in [0.1, 0.15) is 52.4 Å². The maximum atomic E-state index is 6.01. The van der Waals surface area contributed by atoms with Gasteiger partial charge in [0.1, 0.15) is 0 Å². The Bertz CT molecular complexity index is 245. The van der Waals surface area contributed by atoms with Gasteiger partial charge in [-0.25, -0.2) is 0 Å². The van der Waals surface area contributed by atoms with Gasteiger partial charge in [-0.05, 0) is 44.6 Å². The van der Waals surface area contributed by atoms with Crippen LogP contribution in [0.4, 0.5) is 0 Å². The van der Waals surface area contributed by atoms with E-state index in [9.17, 15) is 0 Å². The number of hydrogen-bond acceptors (Lipinski definition) is 3. The molecule has 4 unspecified atom stereocenters. The van der Waals surface area contributed by atoms with Gasteiger partial charge in [-0.2, -0.15) is 0 Å². The van der Waals surface area contributed by atoms with Crippen LogP contribution >= 0.6 is 0 Å². The molecule has 4 atom stereocenters. The predicted octanol–water partition coefficient (Wildman–Crippen LogP) is 2.39. The highest BCUT2D eigenvalue weighted by molar-refractivity contribution is 4.89. The average Bonchev–Trinajstić information content (AvgIpc) is 2.39. The van der Waals surface area contributed by atoms with Gasteiger partial charge >= 0.3 is 0 Å². The number of nitrogens with two attached hydrogens (primary N) is 1. The first-order valence-electron chi connectivity index (χ1n) is 7.83. The zero-order valence-corrected chi connectivity index (χ0v) is 12.1. The van der Waals surface area contributed by atoms with E-state index in [1.54, 1.807) is 0 Å². The molecule has 2 saturated heterocycles. The summed E-state index contributed by atoms with van der Waals surface area (Å²) in [5.41, 5.74) is 6.01. The third-order valence-electron chi connectivity index (χ3n) is 4.82. The fraction of sp³-hybridized carbons (Fsp3) is 1.00. The lowest BCUT2D eigenvalue weighted by Gasteiger charge is -2.46. The molecule has 2 rings (SSSR count). The fourth-order valence-electron chi connectivity index (χ4n) is 3.79. The number of piperidine rings is 1. The Morgan fingerprint density at radius 3 is 2.89 bits per heavy atom. The highest BCUT2D eigenvalue weighted by atomic mass is 16.5. The average molecular weight is 254 g/mol. The summed E-state index contributed by atoms with van der Waals surface area (Å²) in [6, 6.07) is 1.32. The van der Waals surface area contributed by atoms with Crippen LogP contribution in [0.15, 0.2) is 0 Å². The largest absolute Gasteiger partial charge is 0.378 e. The van der Waals surface area contributed by atoms with Crippen molar-refractivity contribution in [2.45, 2.75) is 70.6 Å². The van der Waals surface area contributed by atoms with Gasteiger partial charge in [-0.1, -0.05) is 20.3 Å². The van der Waals surface area contributed by atoms with Crippen molar-refractivity contribution in [3.8, 4) is 0 Å². The van der Waals surface area contributed by atoms with E-state index in [2.05, 4.69) is 18.7 Å². The van der Waals surface area contributed by atoms with Gasteiger partial charge in [-0.3, -0.25) is 4.90 Å². The third-order valence-corrected chi connectivity index (χ3v) is 4.82. The summed E-state index contributed by atoms with van der Waals surface area (Å²) in [7, 11) is 0. The first-order chi connectivity index (χ1) is 8.76. The number of likely N-dealkylation sites (tertiary alicyclic amines) is 1. The second-order valence-corrected chi connectivity index (χ2v) is 6.12. The van der Waals surface area contributed by atoms with E-state index < -0.39 is 0 Å². The monoisotopic (exact) mass is 254 g/mol. The standard InChI is InChI=1S/C15H30N2O/c1-3-5-14-10-13(7-9-18-14)17-8-4-6-12(2)15(17)11-16/h12-15H,3-11,16H2,1-2H3. The normalized spacial score (nSPS) is 38.8. The Kier molecular flexibility index (Phi) is 5.46. The van der Waals surface area contributed by atoms with E-state index in [4.69, 9.17) is 10.5 Å². The van der Waals surface area contributed by atoms with Crippen LogP contribution < -0.4 is 5.73 Å². The molecule has 3 heteroatoms. The van der Waals surface area contributed by atoms with E-state index in [1.807, 2.05) is 0 Å². The van der Waals surface area contributed by atoms with Crippen LogP contribution in [0.5, 0.6) is 0 Å². The van der Waals surface area contributed by atoms with Gasteiger partial charge in [0.25, 0.3) is 0 Å². The van der Waals surface area contributed by atoms with Crippen molar-refractivity contribution in [2.75, 3.05) is 19.7 Å². The third kappa shape index (κ3) is 3.25. The second kappa shape index (κ2) is 6.88. The Morgan fingerprint density at radius 1 is 1.33 bits per heavy atom. The molecule has 2 aliphatic rings. The van der Waals surface area contributed by atoms with E-state index in [0.717, 1.165) is 19.1 Å². The summed E-state index contributed by atoms with van der Waals surface area (Å²) in [5, 5.41) is 0. The molecule has 0 aromatic heterocycles. The highest BCUT2D eigenvalue weighted by Gasteiger charge is 2.34. The summed E-state index contributed by atoms with van der Waals surface area (Å²) in [6.45, 7) is 7.62. The van der Waals surface area contributed by atoms with Gasteiger partial charge in [0.05, 0.1) is 6.10 Å². The molecule has 0 spiro atoms. The maximum Gasteiger partial charge on any atom is 0.0590 e. The number of nitrogens with zero attached hydrogens (tertiary/aromatic N) is 1. The second-order valence-electron chi connectivity index (χ2n) is 6.12. The molecule has 0 bridgehead atoms. The molecule has 3 nitrogen and oxygen atoms in total. The van der Waals surface area contributed by atoms with E-state index in [-0.39, 0.29) is 0 Å². The van der Waals surface area contributed by atoms with Crippen molar-refractivity contribution >= 4 is 0 Å². The topological polar surface area (TPSA) is 38.5 Å². The molecule has 0 aromatic rings. The van der Waals surface area contributed by atoms with Gasteiger partial charge in [0.15, 0.2) is 0 Å². The van der Waals surface area contributed by atoms with Crippen molar-refractivity contribution in [3.05, 3.63) is 0 Å². The fourth-order valence-corrected chi connectivity index (χ4v) is 3.79. The molecule has 2 aliphatic heterocycles. The van der Waals surface area contributed by atoms with Gasteiger partial charge < -0.3 is 10.5 Å². The molecule has 0 radical (unpaired) electrons. The SMILES string of the molecule is CCCC1CC(N2CCCC(C)C2CN)CCO1. The predicted molar refractivity (Wildman–Crippen MR) is 75.6 cm³/mol. The lowest BCUT2D eigenvalue weighted by atomic mass is 9.87. The number of rotatable bonds is 4. The van der Waals surface area contributed by atoms with E-state index >= 15 is 0 Å². The molecule has 18 heavy (non-hydrogen) atoms. The maximum absolute atomic E-state index is 6.01. The molecule has 0 aliphatic carbocycles. The molecule has 0 aromatic carbocycles. The Labute approximate surface area is 112 Å². The van der Waals surface area contributed by atoms with Crippen LogP contribution in [0.25, 0.3) is 0 Å². The minimum Gasteiger partial charge on any atom is -0.378 e. The summed E-state index contributed by atoms with van der Waals surface area (Å²) >= 11 is 0. The van der Waals surface area contributed by atoms with Gasteiger partial charge in [0.2, 0.25) is 0 Å². The van der Waals surface area contributed by atoms with Crippen molar-refractivity contribution in [3.63, 3.8) is 0 Å². The Morgan fingerprint density at radius 2 is 2.17 bits per heavy atom. The zero-order valence-electron chi connectivity index (χ0n) is 12.1. The van der Waals surface area contributed by atoms with Gasteiger partial charge in [0, 0.05) is 25.2 Å². The minimum atomic E-state index is 0.490. The summed E-state index contributed by atoms with van der Waals surface area (Å²) < 4.78 is 5.88. The molecule has 2 fully saturated rings. The van der Waals surface area contributed by atoms with Crippen LogP contribution in [-0.2, 0) is 4.74 Å². The van der Waals surface area contributed by atoms with Crippen molar-refractivity contribution in [1.82, 2.24) is 4.90 Å². The smallest absolute Gasteiger partial charge is 0.0590 e. The lowest BCUT2D eigenvalue weighted by Crippen LogP contribution is -2.55. The molecule has 106 valence electrons. The van der Waals surface area contributed by atoms with Crippen LogP contribution in [0.2, 0.25) is 0 Å². The molecular weight excluding hydrogens is 224 g/mol. The van der Waals surface area contributed by atoms with E-state index in [1.165, 1.54) is 45.1 Å². The molecule has 0 saturated carbocycles. The van der Waals surface area contributed by atoms with Gasteiger partial charge in [-0.15, -0.1) is 0 Å². The highest BCUT2D eigenvalue weighted by Crippen LogP contribution is 2.30. The Hall–Kier alpha value is -0.120. The zero-order chi connectivity index (χ0) is 13.0. The quantitative estimate of drug-likeness (QED) is 0.837. The van der Waals surface area contributed by atoms with Crippen molar-refractivity contribution in [1.29, 1.82) is 0 Å². The summed E-state index contributed by atoms with van der Waals surface area (Å²) in [4.78, 5) is 2.71. The Balaban J connectivity index is 1.95. The van der Waals surface area contributed by atoms with Crippen LogP contribution in [0.3, 0.4) is 0 Å². The minimum absolute atomic E-state index is 0.490. The van der Waals surface area contributed by atoms with Crippen molar-refractivity contribution in [2.24, 2.45) is 11.7 Å². The van der Waals surface area contributed by atoms with E-state index in [0.29, 0.717) is 18.2 Å². The molecule has 2 heterocycles. The van der Waals surface area contributed by atoms with Crippen LogP contribution in [-0.4, -0.2) is 42.8 Å². The summed E-state index contributed by atoms with van der Waals surface area (Å²) in [5.74, 6) is 0.760. The molecule has 2 N–H and O–H groups in total. The van der Waals surface area contributed by atoms with Crippen molar-refractivity contribution < 1.29 is 4.74 Å². The molecule has 0 amide bonds. The lowest BCUT2D eigenvalue weighted by molar-refractivity contribution is -0.0524. The molecular formula is C15H30N2O. The number of hydrogen-bond donors (Lipinski definition) is 1. The first-order valence-corrected chi connectivity index (χ1v) is 7.83. The van der Waals surface area contributed by atoms with Crippen LogP contribution in [0, 0.1) is 5.92 Å².